The van der Waals surface area contributed by atoms with Gasteiger partial charge in [0.15, 0.2) is 0 Å². The van der Waals surface area contributed by atoms with Gasteiger partial charge in [-0.2, -0.15) is 0 Å². The van der Waals surface area contributed by atoms with Crippen molar-refractivity contribution in [1.82, 2.24) is 0 Å². The normalized spacial score (nSPS) is 13.8. The number of rotatable bonds is 7. The molecule has 2 nitrogen and oxygen atoms in total. The zero-order chi connectivity index (χ0) is 20.8. The van der Waals surface area contributed by atoms with Crippen LogP contribution in [0.3, 0.4) is 0 Å². The van der Waals surface area contributed by atoms with Crippen molar-refractivity contribution in [2.75, 3.05) is 29.4 Å². The summed E-state index contributed by atoms with van der Waals surface area (Å²) >= 11 is 0. The van der Waals surface area contributed by atoms with Gasteiger partial charge in [0.25, 0.3) is 0 Å². The molecule has 0 atom stereocenters. The molecule has 0 saturated carbocycles. The number of hydrogen-bond acceptors (Lipinski definition) is 2. The molecule has 3 aromatic carbocycles. The summed E-state index contributed by atoms with van der Waals surface area (Å²) < 4.78 is 0. The highest BCUT2D eigenvalue weighted by atomic mass is 15.1. The summed E-state index contributed by atoms with van der Waals surface area (Å²) in [5.74, 6) is 0. The van der Waals surface area contributed by atoms with E-state index in [1.165, 1.54) is 60.4 Å². The molecular formula is C28H32N2. The Morgan fingerprint density at radius 1 is 0.800 bits per heavy atom. The third-order valence-corrected chi connectivity index (χ3v) is 6.12. The minimum atomic E-state index is 0.926. The van der Waals surface area contributed by atoms with Gasteiger partial charge in [-0.05, 0) is 72.7 Å². The van der Waals surface area contributed by atoms with Crippen LogP contribution in [-0.2, 0) is 6.54 Å². The number of anilines is 2. The molecule has 2 heteroatoms. The molecular weight excluding hydrogens is 364 g/mol. The first-order valence-corrected chi connectivity index (χ1v) is 11.2. The van der Waals surface area contributed by atoms with Gasteiger partial charge in [-0.1, -0.05) is 61.2 Å². The van der Waals surface area contributed by atoms with Crippen LogP contribution < -0.4 is 9.80 Å². The number of piperidine rings is 1. The molecule has 0 radical (unpaired) electrons. The van der Waals surface area contributed by atoms with E-state index in [1.54, 1.807) is 0 Å². The topological polar surface area (TPSA) is 6.48 Å². The average Bonchev–Trinajstić information content (AvgIpc) is 2.83. The minimum Gasteiger partial charge on any atom is -0.372 e. The van der Waals surface area contributed by atoms with Crippen molar-refractivity contribution in [3.63, 3.8) is 0 Å². The van der Waals surface area contributed by atoms with Gasteiger partial charge >= 0.3 is 0 Å². The van der Waals surface area contributed by atoms with Crippen LogP contribution in [0.5, 0.6) is 0 Å². The zero-order valence-electron chi connectivity index (χ0n) is 18.1. The molecule has 1 fully saturated rings. The molecule has 4 rings (SSSR count). The van der Waals surface area contributed by atoms with Gasteiger partial charge in [-0.25, -0.2) is 0 Å². The molecule has 0 bridgehead atoms. The Kier molecular flexibility index (Phi) is 6.53. The summed E-state index contributed by atoms with van der Waals surface area (Å²) in [5.41, 5.74) is 7.37. The second-order valence-electron chi connectivity index (χ2n) is 8.12. The van der Waals surface area contributed by atoms with Crippen LogP contribution in [0.25, 0.3) is 5.57 Å². The van der Waals surface area contributed by atoms with Crippen LogP contribution in [0, 0.1) is 0 Å². The Balaban J connectivity index is 1.44. The van der Waals surface area contributed by atoms with Crippen molar-refractivity contribution in [2.45, 2.75) is 32.7 Å². The van der Waals surface area contributed by atoms with Gasteiger partial charge in [0.1, 0.15) is 0 Å². The van der Waals surface area contributed by atoms with E-state index < -0.39 is 0 Å². The second kappa shape index (κ2) is 9.67. The van der Waals surface area contributed by atoms with E-state index in [9.17, 15) is 0 Å². The highest BCUT2D eigenvalue weighted by Crippen LogP contribution is 2.27. The summed E-state index contributed by atoms with van der Waals surface area (Å²) in [6.07, 6.45) is 3.97. The maximum Gasteiger partial charge on any atom is 0.0429 e. The lowest BCUT2D eigenvalue weighted by Gasteiger charge is -2.29. The Morgan fingerprint density at radius 3 is 2.00 bits per heavy atom. The van der Waals surface area contributed by atoms with Gasteiger partial charge in [0.05, 0.1) is 0 Å². The van der Waals surface area contributed by atoms with E-state index in [-0.39, 0.29) is 0 Å². The minimum absolute atomic E-state index is 0.926. The van der Waals surface area contributed by atoms with Gasteiger partial charge in [0.2, 0.25) is 0 Å². The molecule has 0 aromatic heterocycles. The van der Waals surface area contributed by atoms with Gasteiger partial charge < -0.3 is 9.80 Å². The van der Waals surface area contributed by atoms with E-state index in [2.05, 4.69) is 102 Å². The monoisotopic (exact) mass is 396 g/mol. The van der Waals surface area contributed by atoms with E-state index in [4.69, 9.17) is 0 Å². The average molecular weight is 397 g/mol. The predicted octanol–water partition coefficient (Wildman–Crippen LogP) is 6.76. The predicted molar refractivity (Wildman–Crippen MR) is 130 cm³/mol. The van der Waals surface area contributed by atoms with E-state index in [1.807, 2.05) is 0 Å². The quantitative estimate of drug-likeness (QED) is 0.435. The molecule has 0 spiro atoms. The molecule has 30 heavy (non-hydrogen) atoms. The fourth-order valence-electron chi connectivity index (χ4n) is 4.26. The van der Waals surface area contributed by atoms with Gasteiger partial charge in [-0.15, -0.1) is 0 Å². The Hall–Kier alpha value is -3.00. The molecule has 154 valence electrons. The van der Waals surface area contributed by atoms with Crippen molar-refractivity contribution >= 4 is 16.9 Å². The molecule has 0 aliphatic carbocycles. The Bertz CT molecular complexity index is 936. The first-order chi connectivity index (χ1) is 14.7. The van der Waals surface area contributed by atoms with Crippen LogP contribution >= 0.6 is 0 Å². The molecule has 1 saturated heterocycles. The van der Waals surface area contributed by atoms with Gasteiger partial charge in [-0.3, -0.25) is 0 Å². The van der Waals surface area contributed by atoms with E-state index >= 15 is 0 Å². The van der Waals surface area contributed by atoms with Crippen LogP contribution in [0.1, 0.15) is 42.9 Å². The lowest BCUT2D eigenvalue weighted by atomic mass is 9.98. The standard InChI is InChI=1S/C28H32N2/c1-3-29(22-24-10-6-4-7-11-24)27-16-12-25(13-17-27)23(2)26-14-18-28(19-15-26)30-20-8-5-9-21-30/h4,6-7,10-19H,2-3,5,8-9,20-22H2,1H3. The first kappa shape index (κ1) is 20.3. The number of benzene rings is 3. The largest absolute Gasteiger partial charge is 0.372 e. The summed E-state index contributed by atoms with van der Waals surface area (Å²) in [4.78, 5) is 4.90. The molecule has 1 aliphatic rings. The lowest BCUT2D eigenvalue weighted by Crippen LogP contribution is -2.29. The molecule has 0 N–H and O–H groups in total. The lowest BCUT2D eigenvalue weighted by molar-refractivity contribution is 0.578. The van der Waals surface area contributed by atoms with Crippen molar-refractivity contribution in [3.05, 3.63) is 102 Å². The summed E-state index contributed by atoms with van der Waals surface area (Å²) in [6.45, 7) is 10.8. The number of nitrogens with zero attached hydrogens (tertiary/aromatic N) is 2. The fraction of sp³-hybridized carbons (Fsp3) is 0.286. The molecule has 0 amide bonds. The first-order valence-electron chi connectivity index (χ1n) is 11.2. The highest BCUT2D eigenvalue weighted by molar-refractivity contribution is 5.79. The Labute approximate surface area is 181 Å². The second-order valence-corrected chi connectivity index (χ2v) is 8.12. The molecule has 0 unspecified atom stereocenters. The van der Waals surface area contributed by atoms with E-state index in [0.717, 1.165) is 18.7 Å². The molecule has 1 aliphatic heterocycles. The SMILES string of the molecule is C=C(c1ccc(N2CCCCC2)cc1)c1ccc(N(CC)Cc2ccccc2)cc1. The zero-order valence-corrected chi connectivity index (χ0v) is 18.1. The van der Waals surface area contributed by atoms with Crippen LogP contribution in [0.2, 0.25) is 0 Å². The van der Waals surface area contributed by atoms with Crippen LogP contribution in [-0.4, -0.2) is 19.6 Å². The van der Waals surface area contributed by atoms with Crippen LogP contribution in [0.4, 0.5) is 11.4 Å². The summed E-state index contributed by atoms with van der Waals surface area (Å²) in [6, 6.07) is 28.4. The molecule has 1 heterocycles. The Morgan fingerprint density at radius 2 is 1.40 bits per heavy atom. The van der Waals surface area contributed by atoms with Crippen molar-refractivity contribution in [2.24, 2.45) is 0 Å². The van der Waals surface area contributed by atoms with Crippen molar-refractivity contribution < 1.29 is 0 Å². The van der Waals surface area contributed by atoms with Gasteiger partial charge in [0, 0.05) is 37.6 Å². The van der Waals surface area contributed by atoms with Crippen LogP contribution in [0.15, 0.2) is 85.4 Å². The van der Waals surface area contributed by atoms with Crippen molar-refractivity contribution in [3.8, 4) is 0 Å². The summed E-state index contributed by atoms with van der Waals surface area (Å²) in [5, 5.41) is 0. The maximum atomic E-state index is 4.37. The maximum absolute atomic E-state index is 4.37. The third-order valence-electron chi connectivity index (χ3n) is 6.12. The summed E-state index contributed by atoms with van der Waals surface area (Å²) in [7, 11) is 0. The van der Waals surface area contributed by atoms with Crippen molar-refractivity contribution in [1.29, 1.82) is 0 Å². The fourth-order valence-corrected chi connectivity index (χ4v) is 4.26. The number of hydrogen-bond donors (Lipinski definition) is 0. The molecule has 3 aromatic rings. The smallest absolute Gasteiger partial charge is 0.0429 e. The highest BCUT2D eigenvalue weighted by Gasteiger charge is 2.12. The third kappa shape index (κ3) is 4.76. The van der Waals surface area contributed by atoms with E-state index in [0.29, 0.717) is 0 Å².